The van der Waals surface area contributed by atoms with Crippen LogP contribution in [0, 0.1) is 0 Å². The lowest BCUT2D eigenvalue weighted by molar-refractivity contribution is -0.146. The van der Waals surface area contributed by atoms with E-state index in [1.54, 1.807) is 20.8 Å². The summed E-state index contributed by atoms with van der Waals surface area (Å²) in [6.07, 6.45) is -0.507. The Hall–Kier alpha value is -1.17. The first kappa shape index (κ1) is 20.9. The number of ether oxygens (including phenoxy) is 2. The topological polar surface area (TPSA) is 64.6 Å². The molecule has 1 rings (SSSR count). The minimum Gasteiger partial charge on any atom is -0.460 e. The van der Waals surface area contributed by atoms with Crippen molar-refractivity contribution in [1.82, 2.24) is 5.32 Å². The van der Waals surface area contributed by atoms with Crippen molar-refractivity contribution in [3.05, 3.63) is 35.9 Å². The van der Waals surface area contributed by atoms with Crippen molar-refractivity contribution in [2.75, 3.05) is 6.61 Å². The van der Waals surface area contributed by atoms with E-state index in [9.17, 15) is 9.59 Å². The summed E-state index contributed by atoms with van der Waals surface area (Å²) in [5.74, 6) is -0.712. The largest absolute Gasteiger partial charge is 0.460 e. The molecule has 0 fully saturated rings. The molecule has 134 valence electrons. The van der Waals surface area contributed by atoms with Crippen molar-refractivity contribution in [2.24, 2.45) is 0 Å². The van der Waals surface area contributed by atoms with Crippen molar-refractivity contribution in [2.45, 2.75) is 42.6 Å². The number of esters is 1. The van der Waals surface area contributed by atoms with Crippen LogP contribution in [0.3, 0.4) is 0 Å². The van der Waals surface area contributed by atoms with Gasteiger partial charge in [-0.15, -0.1) is 0 Å². The van der Waals surface area contributed by atoms with Crippen LogP contribution in [0.2, 0.25) is 0 Å². The van der Waals surface area contributed by atoms with Crippen LogP contribution in [-0.4, -0.2) is 34.1 Å². The van der Waals surface area contributed by atoms with Gasteiger partial charge in [-0.05, 0) is 26.3 Å². The molecule has 0 radical (unpaired) electrons. The first-order chi connectivity index (χ1) is 11.0. The summed E-state index contributed by atoms with van der Waals surface area (Å²) in [5, 5.41) is 2.49. The summed E-state index contributed by atoms with van der Waals surface area (Å²) in [6.45, 7) is 4.75. The quantitative estimate of drug-likeness (QED) is 0.603. The molecule has 5 nitrogen and oxygen atoms in total. The van der Waals surface area contributed by atoms with Gasteiger partial charge in [-0.2, -0.15) is 0 Å². The Balaban J connectivity index is 2.78. The second-order valence-electron chi connectivity index (χ2n) is 6.11. The molecule has 0 spiro atoms. The highest BCUT2D eigenvalue weighted by molar-refractivity contribution is 6.67. The van der Waals surface area contributed by atoms with E-state index in [0.717, 1.165) is 5.56 Å². The lowest BCUT2D eigenvalue weighted by Crippen LogP contribution is -2.46. The molecule has 1 atom stereocenters. The number of carbonyl (C=O) groups is 2. The number of amides is 1. The van der Waals surface area contributed by atoms with Crippen molar-refractivity contribution in [1.29, 1.82) is 0 Å². The Bertz CT molecular complexity index is 553. The van der Waals surface area contributed by atoms with Crippen LogP contribution in [-0.2, 0) is 20.7 Å². The average Bonchev–Trinajstić information content (AvgIpc) is 2.42. The molecule has 0 bridgehead atoms. The van der Waals surface area contributed by atoms with Crippen LogP contribution in [0.15, 0.2) is 30.3 Å². The Kier molecular flexibility index (Phi) is 7.64. The molecule has 8 heteroatoms. The van der Waals surface area contributed by atoms with E-state index >= 15 is 0 Å². The first-order valence-electron chi connectivity index (χ1n) is 7.23. The molecule has 0 saturated carbocycles. The molecule has 0 aliphatic heterocycles. The zero-order valence-electron chi connectivity index (χ0n) is 13.6. The third-order valence-corrected chi connectivity index (χ3v) is 2.96. The number of alkyl halides is 3. The van der Waals surface area contributed by atoms with Gasteiger partial charge >= 0.3 is 12.1 Å². The van der Waals surface area contributed by atoms with E-state index in [4.69, 9.17) is 44.3 Å². The molecule has 0 saturated heterocycles. The second-order valence-corrected chi connectivity index (χ2v) is 8.63. The maximum absolute atomic E-state index is 12.2. The Morgan fingerprint density at radius 3 is 2.21 bits per heavy atom. The standard InChI is InChI=1S/C16H20Cl3NO4/c1-15(2,3)24-14(22)20-12(9-11-7-5-4-6-8-11)13(21)23-10-16(17,18)19/h4-8,12H,9-10H2,1-3H3,(H,20,22)/t12-/m0/s1. The van der Waals surface area contributed by atoms with Crippen molar-refractivity contribution < 1.29 is 19.1 Å². The number of nitrogens with one attached hydrogen (secondary N) is 1. The van der Waals surface area contributed by atoms with Gasteiger partial charge in [0.1, 0.15) is 18.2 Å². The molecule has 0 aliphatic carbocycles. The molecule has 0 heterocycles. The van der Waals surface area contributed by atoms with Gasteiger partial charge in [-0.3, -0.25) is 0 Å². The number of halogens is 3. The number of hydrogen-bond donors (Lipinski definition) is 1. The number of benzene rings is 1. The molecular weight excluding hydrogens is 377 g/mol. The normalized spacial score (nSPS) is 13.1. The number of carbonyl (C=O) groups excluding carboxylic acids is 2. The van der Waals surface area contributed by atoms with Crippen LogP contribution >= 0.6 is 34.8 Å². The molecule has 1 amide bonds. The lowest BCUT2D eigenvalue weighted by Gasteiger charge is -2.23. The Morgan fingerprint density at radius 2 is 1.71 bits per heavy atom. The average molecular weight is 397 g/mol. The summed E-state index contributed by atoms with van der Waals surface area (Å²) in [4.78, 5) is 24.2. The van der Waals surface area contributed by atoms with Gasteiger partial charge in [0.15, 0.2) is 0 Å². The Morgan fingerprint density at radius 1 is 1.12 bits per heavy atom. The predicted octanol–water partition coefficient (Wildman–Crippen LogP) is 4.04. The number of rotatable bonds is 5. The molecule has 0 aromatic heterocycles. The van der Waals surface area contributed by atoms with Crippen LogP contribution in [0.4, 0.5) is 4.79 Å². The van der Waals surface area contributed by atoms with E-state index < -0.39 is 34.1 Å². The summed E-state index contributed by atoms with van der Waals surface area (Å²) >= 11 is 16.7. The van der Waals surface area contributed by atoms with Gasteiger partial charge in [-0.25, -0.2) is 9.59 Å². The van der Waals surface area contributed by atoms with Gasteiger partial charge in [-0.1, -0.05) is 65.1 Å². The van der Waals surface area contributed by atoms with Gasteiger partial charge in [0.25, 0.3) is 0 Å². The molecule has 24 heavy (non-hydrogen) atoms. The number of hydrogen-bond acceptors (Lipinski definition) is 4. The van der Waals surface area contributed by atoms with Crippen LogP contribution in [0.1, 0.15) is 26.3 Å². The monoisotopic (exact) mass is 395 g/mol. The highest BCUT2D eigenvalue weighted by atomic mass is 35.6. The van der Waals surface area contributed by atoms with E-state index in [0.29, 0.717) is 0 Å². The molecular formula is C16H20Cl3NO4. The highest BCUT2D eigenvalue weighted by Gasteiger charge is 2.29. The fourth-order valence-electron chi connectivity index (χ4n) is 1.75. The van der Waals surface area contributed by atoms with Crippen LogP contribution < -0.4 is 5.32 Å². The summed E-state index contributed by atoms with van der Waals surface area (Å²) < 4.78 is 8.41. The zero-order chi connectivity index (χ0) is 18.4. The predicted molar refractivity (Wildman–Crippen MR) is 94.6 cm³/mol. The molecule has 0 unspecified atom stereocenters. The van der Waals surface area contributed by atoms with Crippen molar-refractivity contribution >= 4 is 46.9 Å². The third kappa shape index (κ3) is 9.21. The van der Waals surface area contributed by atoms with E-state index in [-0.39, 0.29) is 6.42 Å². The van der Waals surface area contributed by atoms with Crippen LogP contribution in [0.5, 0.6) is 0 Å². The minimum atomic E-state index is -1.72. The fraction of sp³-hybridized carbons (Fsp3) is 0.500. The molecule has 1 aromatic carbocycles. The summed E-state index contributed by atoms with van der Waals surface area (Å²) in [7, 11) is 0. The second kappa shape index (κ2) is 8.79. The van der Waals surface area contributed by atoms with Crippen molar-refractivity contribution in [3.8, 4) is 0 Å². The maximum atomic E-state index is 12.2. The van der Waals surface area contributed by atoms with E-state index in [2.05, 4.69) is 5.32 Å². The lowest BCUT2D eigenvalue weighted by atomic mass is 10.1. The minimum absolute atomic E-state index is 0.221. The maximum Gasteiger partial charge on any atom is 0.408 e. The van der Waals surface area contributed by atoms with Gasteiger partial charge in [0.2, 0.25) is 3.79 Å². The highest BCUT2D eigenvalue weighted by Crippen LogP contribution is 2.26. The van der Waals surface area contributed by atoms with E-state index in [1.165, 1.54) is 0 Å². The van der Waals surface area contributed by atoms with Gasteiger partial charge in [0, 0.05) is 6.42 Å². The molecule has 1 aromatic rings. The smallest absolute Gasteiger partial charge is 0.408 e. The SMILES string of the molecule is CC(C)(C)OC(=O)N[C@@H](Cc1ccccc1)C(=O)OCC(Cl)(Cl)Cl. The van der Waals surface area contributed by atoms with Gasteiger partial charge in [0.05, 0.1) is 0 Å². The van der Waals surface area contributed by atoms with Crippen LogP contribution in [0.25, 0.3) is 0 Å². The molecule has 1 N–H and O–H groups in total. The summed E-state index contributed by atoms with van der Waals surface area (Å²) in [5.41, 5.74) is 0.146. The van der Waals surface area contributed by atoms with Crippen molar-refractivity contribution in [3.63, 3.8) is 0 Å². The Labute approximate surface area is 156 Å². The zero-order valence-corrected chi connectivity index (χ0v) is 15.9. The first-order valence-corrected chi connectivity index (χ1v) is 8.36. The van der Waals surface area contributed by atoms with Gasteiger partial charge < -0.3 is 14.8 Å². The fourth-order valence-corrected chi connectivity index (χ4v) is 1.91. The summed E-state index contributed by atoms with van der Waals surface area (Å²) in [6, 6.07) is 8.19. The number of alkyl carbamates (subject to hydrolysis) is 1. The molecule has 0 aliphatic rings. The van der Waals surface area contributed by atoms with E-state index in [1.807, 2.05) is 30.3 Å². The third-order valence-electron chi connectivity index (χ3n) is 2.64.